The van der Waals surface area contributed by atoms with Crippen LogP contribution in [0.5, 0.6) is 0 Å². The number of para-hydroxylation sites is 2. The Labute approximate surface area is 171 Å². The van der Waals surface area contributed by atoms with E-state index in [1.807, 2.05) is 34.9 Å². The Balaban J connectivity index is 1.72. The molecule has 1 heterocycles. The zero-order valence-electron chi connectivity index (χ0n) is 14.6. The predicted octanol–water partition coefficient (Wildman–Crippen LogP) is 6.39. The second-order valence-electron chi connectivity index (χ2n) is 6.36. The SMILES string of the molecule is O=C(Nc1ccccc1F)c1cn(Cc2ccc(Cl)cc2Cl)c2ccccc12. The lowest BCUT2D eigenvalue weighted by Crippen LogP contribution is -2.12. The summed E-state index contributed by atoms with van der Waals surface area (Å²) in [7, 11) is 0. The minimum Gasteiger partial charge on any atom is -0.342 e. The molecule has 3 nitrogen and oxygen atoms in total. The highest BCUT2D eigenvalue weighted by Crippen LogP contribution is 2.27. The molecule has 0 aliphatic rings. The van der Waals surface area contributed by atoms with Crippen molar-refractivity contribution in [1.29, 1.82) is 0 Å². The van der Waals surface area contributed by atoms with Crippen LogP contribution in [0.25, 0.3) is 10.9 Å². The normalized spacial score (nSPS) is 11.0. The molecule has 4 rings (SSSR count). The standard InChI is InChI=1S/C22H15Cl2FN2O/c23-15-10-9-14(18(24)11-15)12-27-13-17(16-5-1-4-8-21(16)27)22(28)26-20-7-3-2-6-19(20)25/h1-11,13H,12H2,(H,26,28). The fourth-order valence-electron chi connectivity index (χ4n) is 3.14. The number of benzene rings is 3. The number of rotatable bonds is 4. The molecule has 1 aromatic heterocycles. The first-order valence-corrected chi connectivity index (χ1v) is 9.36. The van der Waals surface area contributed by atoms with Crippen LogP contribution in [0.3, 0.4) is 0 Å². The monoisotopic (exact) mass is 412 g/mol. The van der Waals surface area contributed by atoms with E-state index in [0.717, 1.165) is 16.5 Å². The molecule has 0 saturated carbocycles. The van der Waals surface area contributed by atoms with Gasteiger partial charge in [0.25, 0.3) is 5.91 Å². The Morgan fingerprint density at radius 1 is 1.00 bits per heavy atom. The van der Waals surface area contributed by atoms with Crippen molar-refractivity contribution >= 4 is 45.7 Å². The van der Waals surface area contributed by atoms with Crippen LogP contribution in [0.15, 0.2) is 72.9 Å². The van der Waals surface area contributed by atoms with Crippen molar-refractivity contribution in [2.75, 3.05) is 5.32 Å². The molecule has 0 spiro atoms. The smallest absolute Gasteiger partial charge is 0.257 e. The van der Waals surface area contributed by atoms with Gasteiger partial charge in [-0.1, -0.05) is 59.6 Å². The van der Waals surface area contributed by atoms with Crippen LogP contribution in [0.2, 0.25) is 10.0 Å². The predicted molar refractivity (Wildman–Crippen MR) is 112 cm³/mol. The molecule has 0 radical (unpaired) electrons. The molecular formula is C22H15Cl2FN2O. The van der Waals surface area contributed by atoms with E-state index in [1.54, 1.807) is 30.5 Å². The van der Waals surface area contributed by atoms with E-state index >= 15 is 0 Å². The van der Waals surface area contributed by atoms with Gasteiger partial charge in [0.05, 0.1) is 11.3 Å². The summed E-state index contributed by atoms with van der Waals surface area (Å²) in [5, 5.41) is 4.55. The third-order valence-electron chi connectivity index (χ3n) is 4.51. The molecule has 1 amide bonds. The van der Waals surface area contributed by atoms with Crippen LogP contribution >= 0.6 is 23.2 Å². The quantitative estimate of drug-likeness (QED) is 0.414. The van der Waals surface area contributed by atoms with E-state index < -0.39 is 5.82 Å². The molecule has 0 saturated heterocycles. The summed E-state index contributed by atoms with van der Waals surface area (Å²) in [6.07, 6.45) is 1.76. The van der Waals surface area contributed by atoms with E-state index in [1.165, 1.54) is 12.1 Å². The molecular weight excluding hydrogens is 398 g/mol. The van der Waals surface area contributed by atoms with Gasteiger partial charge in [-0.2, -0.15) is 0 Å². The molecule has 0 bridgehead atoms. The number of fused-ring (bicyclic) bond motifs is 1. The second kappa shape index (κ2) is 7.66. The van der Waals surface area contributed by atoms with Gasteiger partial charge in [0.1, 0.15) is 5.82 Å². The van der Waals surface area contributed by atoms with Gasteiger partial charge in [-0.3, -0.25) is 4.79 Å². The summed E-state index contributed by atoms with van der Waals surface area (Å²) in [5.41, 5.74) is 2.37. The fraction of sp³-hybridized carbons (Fsp3) is 0.0455. The maximum Gasteiger partial charge on any atom is 0.257 e. The Hall–Kier alpha value is -2.82. The third-order valence-corrected chi connectivity index (χ3v) is 5.10. The topological polar surface area (TPSA) is 34.0 Å². The zero-order chi connectivity index (χ0) is 19.7. The van der Waals surface area contributed by atoms with Crippen molar-refractivity contribution in [3.8, 4) is 0 Å². The number of anilines is 1. The molecule has 0 fully saturated rings. The van der Waals surface area contributed by atoms with Crippen molar-refractivity contribution in [1.82, 2.24) is 4.57 Å². The van der Waals surface area contributed by atoms with E-state index in [4.69, 9.17) is 23.2 Å². The van der Waals surface area contributed by atoms with Crippen LogP contribution in [0, 0.1) is 5.82 Å². The molecule has 140 valence electrons. The third kappa shape index (κ3) is 3.61. The van der Waals surface area contributed by atoms with Gasteiger partial charge in [-0.15, -0.1) is 0 Å². The molecule has 0 aliphatic carbocycles. The summed E-state index contributed by atoms with van der Waals surface area (Å²) < 4.78 is 15.8. The van der Waals surface area contributed by atoms with E-state index in [2.05, 4.69) is 5.32 Å². The minimum absolute atomic E-state index is 0.144. The van der Waals surface area contributed by atoms with Crippen molar-refractivity contribution in [2.24, 2.45) is 0 Å². The number of amides is 1. The lowest BCUT2D eigenvalue weighted by atomic mass is 10.1. The molecule has 0 aliphatic heterocycles. The average Bonchev–Trinajstić information content (AvgIpc) is 3.05. The first-order valence-electron chi connectivity index (χ1n) is 8.60. The van der Waals surface area contributed by atoms with Crippen molar-refractivity contribution in [2.45, 2.75) is 6.54 Å². The maximum atomic E-state index is 13.9. The van der Waals surface area contributed by atoms with Gasteiger partial charge in [-0.25, -0.2) is 4.39 Å². The fourth-order valence-corrected chi connectivity index (χ4v) is 3.61. The number of hydrogen-bond donors (Lipinski definition) is 1. The van der Waals surface area contributed by atoms with E-state index in [0.29, 0.717) is 22.2 Å². The number of carbonyl (C=O) groups excluding carboxylic acids is 1. The van der Waals surface area contributed by atoms with Gasteiger partial charge >= 0.3 is 0 Å². The summed E-state index contributed by atoms with van der Waals surface area (Å²) >= 11 is 12.3. The summed E-state index contributed by atoms with van der Waals surface area (Å²) in [5.74, 6) is -0.852. The van der Waals surface area contributed by atoms with Crippen LogP contribution in [0.4, 0.5) is 10.1 Å². The first kappa shape index (κ1) is 18.5. The molecule has 3 aromatic carbocycles. The number of hydrogen-bond acceptors (Lipinski definition) is 1. The van der Waals surface area contributed by atoms with Gasteiger partial charge < -0.3 is 9.88 Å². The Morgan fingerprint density at radius 3 is 2.54 bits per heavy atom. The summed E-state index contributed by atoms with van der Waals surface area (Å²) in [6, 6.07) is 19.0. The number of aromatic nitrogens is 1. The van der Waals surface area contributed by atoms with Crippen molar-refractivity contribution in [3.05, 3.63) is 99.9 Å². The first-order chi connectivity index (χ1) is 13.5. The second-order valence-corrected chi connectivity index (χ2v) is 7.20. The highest BCUT2D eigenvalue weighted by Gasteiger charge is 2.17. The van der Waals surface area contributed by atoms with Crippen LogP contribution in [0.1, 0.15) is 15.9 Å². The number of halogens is 3. The van der Waals surface area contributed by atoms with Gasteiger partial charge in [0.15, 0.2) is 0 Å². The maximum absolute atomic E-state index is 13.9. The van der Waals surface area contributed by atoms with Gasteiger partial charge in [0.2, 0.25) is 0 Å². The van der Waals surface area contributed by atoms with Gasteiger partial charge in [0, 0.05) is 33.7 Å². The molecule has 28 heavy (non-hydrogen) atoms. The number of carbonyl (C=O) groups is 1. The van der Waals surface area contributed by atoms with E-state index in [-0.39, 0.29) is 11.6 Å². The molecule has 6 heteroatoms. The lowest BCUT2D eigenvalue weighted by molar-refractivity contribution is 0.102. The van der Waals surface area contributed by atoms with Crippen LogP contribution < -0.4 is 5.32 Å². The van der Waals surface area contributed by atoms with Gasteiger partial charge in [-0.05, 0) is 35.9 Å². The van der Waals surface area contributed by atoms with Crippen molar-refractivity contribution < 1.29 is 9.18 Å². The lowest BCUT2D eigenvalue weighted by Gasteiger charge is -2.08. The highest BCUT2D eigenvalue weighted by molar-refractivity contribution is 6.35. The Kier molecular flexibility index (Phi) is 5.07. The minimum atomic E-state index is -0.479. The summed E-state index contributed by atoms with van der Waals surface area (Å²) in [4.78, 5) is 12.8. The molecule has 0 unspecified atom stereocenters. The Morgan fingerprint density at radius 2 is 1.75 bits per heavy atom. The average molecular weight is 413 g/mol. The molecule has 1 N–H and O–H groups in total. The Bertz CT molecular complexity index is 1190. The molecule has 0 atom stereocenters. The van der Waals surface area contributed by atoms with Crippen LogP contribution in [-0.4, -0.2) is 10.5 Å². The number of nitrogens with zero attached hydrogens (tertiary/aromatic N) is 1. The number of nitrogens with one attached hydrogen (secondary N) is 1. The van der Waals surface area contributed by atoms with E-state index in [9.17, 15) is 9.18 Å². The van der Waals surface area contributed by atoms with Crippen LogP contribution in [-0.2, 0) is 6.54 Å². The summed E-state index contributed by atoms with van der Waals surface area (Å²) in [6.45, 7) is 0.476. The largest absolute Gasteiger partial charge is 0.342 e. The highest BCUT2D eigenvalue weighted by atomic mass is 35.5. The molecule has 4 aromatic rings. The van der Waals surface area contributed by atoms with Crippen molar-refractivity contribution in [3.63, 3.8) is 0 Å². The zero-order valence-corrected chi connectivity index (χ0v) is 16.1.